The summed E-state index contributed by atoms with van der Waals surface area (Å²) in [7, 11) is 0. The molecule has 1 N–H and O–H groups in total. The Hall–Kier alpha value is -2.60. The second-order valence-corrected chi connectivity index (χ2v) is 5.28. The van der Waals surface area contributed by atoms with Gasteiger partial charge in [-0.3, -0.25) is 0 Å². The summed E-state index contributed by atoms with van der Waals surface area (Å²) >= 11 is 0. The van der Waals surface area contributed by atoms with Gasteiger partial charge in [-0.2, -0.15) is 5.26 Å². The molecule has 0 aliphatic heterocycles. The molecule has 0 atom stereocenters. The first-order chi connectivity index (χ1) is 10.7. The average molecular weight is 293 g/mol. The van der Waals surface area contributed by atoms with Crippen LogP contribution in [0.25, 0.3) is 11.1 Å². The van der Waals surface area contributed by atoms with Gasteiger partial charge in [0.25, 0.3) is 0 Å². The summed E-state index contributed by atoms with van der Waals surface area (Å²) in [6.07, 6.45) is 3.91. The molecule has 0 heterocycles. The first kappa shape index (κ1) is 15.8. The molecular formula is C19H19NO2. The van der Waals surface area contributed by atoms with Gasteiger partial charge in [-0.15, -0.1) is 0 Å². The molecule has 3 heteroatoms. The number of nitriles is 1. The molecule has 0 amide bonds. The van der Waals surface area contributed by atoms with E-state index in [9.17, 15) is 9.90 Å². The minimum Gasteiger partial charge on any atom is -0.478 e. The number of nitrogens with zero attached hydrogens (tertiary/aromatic N) is 1. The van der Waals surface area contributed by atoms with Gasteiger partial charge >= 0.3 is 5.97 Å². The topological polar surface area (TPSA) is 61.1 Å². The van der Waals surface area contributed by atoms with E-state index in [4.69, 9.17) is 5.26 Å². The lowest BCUT2D eigenvalue weighted by Gasteiger charge is -2.13. The number of benzene rings is 2. The highest BCUT2D eigenvalue weighted by molar-refractivity contribution is 5.92. The number of carboxylic acids is 1. The van der Waals surface area contributed by atoms with Crippen LogP contribution in [0.1, 0.15) is 47.7 Å². The van der Waals surface area contributed by atoms with Crippen molar-refractivity contribution in [1.82, 2.24) is 0 Å². The molecule has 2 rings (SSSR count). The van der Waals surface area contributed by atoms with Gasteiger partial charge in [-0.1, -0.05) is 44.0 Å². The lowest BCUT2D eigenvalue weighted by atomic mass is 9.91. The number of carbonyl (C=O) groups is 1. The second kappa shape index (κ2) is 7.42. The molecule has 0 radical (unpaired) electrons. The van der Waals surface area contributed by atoms with Crippen molar-refractivity contribution >= 4 is 5.97 Å². The third kappa shape index (κ3) is 3.53. The van der Waals surface area contributed by atoms with E-state index >= 15 is 0 Å². The normalized spacial score (nSPS) is 10.2. The Kier molecular flexibility index (Phi) is 5.32. The SMILES string of the molecule is CCCCCc1c(C(=O)O)cccc1-c1ccc(C#N)cc1. The molecule has 0 bridgehead atoms. The molecule has 3 nitrogen and oxygen atoms in total. The van der Waals surface area contributed by atoms with E-state index in [0.717, 1.165) is 42.4 Å². The van der Waals surface area contributed by atoms with E-state index in [2.05, 4.69) is 13.0 Å². The molecule has 0 saturated heterocycles. The van der Waals surface area contributed by atoms with Gasteiger partial charge in [0.05, 0.1) is 17.2 Å². The predicted octanol–water partition coefficient (Wildman–Crippen LogP) is 4.66. The van der Waals surface area contributed by atoms with Crippen molar-refractivity contribution in [3.8, 4) is 17.2 Å². The molecule has 0 aliphatic carbocycles. The second-order valence-electron chi connectivity index (χ2n) is 5.28. The number of aromatic carboxylic acids is 1. The highest BCUT2D eigenvalue weighted by Crippen LogP contribution is 2.28. The van der Waals surface area contributed by atoms with Gasteiger partial charge in [0.2, 0.25) is 0 Å². The van der Waals surface area contributed by atoms with E-state index in [0.29, 0.717) is 11.1 Å². The molecular weight excluding hydrogens is 274 g/mol. The first-order valence-corrected chi connectivity index (χ1v) is 7.53. The number of rotatable bonds is 6. The third-order valence-electron chi connectivity index (χ3n) is 3.76. The Balaban J connectivity index is 2.46. The smallest absolute Gasteiger partial charge is 0.335 e. The lowest BCUT2D eigenvalue weighted by Crippen LogP contribution is -2.04. The number of hydrogen-bond acceptors (Lipinski definition) is 2. The zero-order valence-corrected chi connectivity index (χ0v) is 12.7. The summed E-state index contributed by atoms with van der Waals surface area (Å²) in [6, 6.07) is 14.8. The van der Waals surface area contributed by atoms with Crippen molar-refractivity contribution in [2.45, 2.75) is 32.6 Å². The monoisotopic (exact) mass is 293 g/mol. The van der Waals surface area contributed by atoms with Gasteiger partial charge in [-0.25, -0.2) is 4.79 Å². The van der Waals surface area contributed by atoms with E-state index in [1.54, 1.807) is 24.3 Å². The van der Waals surface area contributed by atoms with Crippen molar-refractivity contribution in [2.24, 2.45) is 0 Å². The van der Waals surface area contributed by atoms with Gasteiger partial charge in [-0.05, 0) is 47.7 Å². The van der Waals surface area contributed by atoms with E-state index in [1.807, 2.05) is 18.2 Å². The van der Waals surface area contributed by atoms with Crippen LogP contribution in [0.5, 0.6) is 0 Å². The van der Waals surface area contributed by atoms with Crippen LogP contribution in [0.15, 0.2) is 42.5 Å². The number of unbranched alkanes of at least 4 members (excludes halogenated alkanes) is 2. The zero-order chi connectivity index (χ0) is 15.9. The maximum absolute atomic E-state index is 11.5. The zero-order valence-electron chi connectivity index (χ0n) is 12.7. The fourth-order valence-electron chi connectivity index (χ4n) is 2.60. The van der Waals surface area contributed by atoms with Crippen LogP contribution in [0, 0.1) is 11.3 Å². The van der Waals surface area contributed by atoms with Crippen molar-refractivity contribution < 1.29 is 9.90 Å². The standard InChI is InChI=1S/C19H19NO2/c1-2-3-4-6-17-16(7-5-8-18(17)19(21)22)15-11-9-14(13-20)10-12-15/h5,7-12H,2-4,6H2,1H3,(H,21,22). The molecule has 112 valence electrons. The Morgan fingerprint density at radius 1 is 1.14 bits per heavy atom. The number of hydrogen-bond donors (Lipinski definition) is 1. The summed E-state index contributed by atoms with van der Waals surface area (Å²) in [4.78, 5) is 11.5. The van der Waals surface area contributed by atoms with Crippen LogP contribution < -0.4 is 0 Å². The average Bonchev–Trinajstić information content (AvgIpc) is 2.55. The molecule has 0 unspecified atom stereocenters. The number of carboxylic acid groups (broad SMARTS) is 1. The minimum absolute atomic E-state index is 0.373. The summed E-state index contributed by atoms with van der Waals surface area (Å²) in [5.74, 6) is -0.887. The molecule has 0 fully saturated rings. The Labute approximate surface area is 130 Å². The minimum atomic E-state index is -0.887. The van der Waals surface area contributed by atoms with Crippen LogP contribution in [-0.2, 0) is 6.42 Å². The quantitative estimate of drug-likeness (QED) is 0.788. The molecule has 0 saturated carbocycles. The first-order valence-electron chi connectivity index (χ1n) is 7.53. The predicted molar refractivity (Wildman–Crippen MR) is 86.8 cm³/mol. The molecule has 22 heavy (non-hydrogen) atoms. The largest absolute Gasteiger partial charge is 0.478 e. The summed E-state index contributed by atoms with van der Waals surface area (Å²) in [5, 5.41) is 18.3. The highest BCUT2D eigenvalue weighted by atomic mass is 16.4. The van der Waals surface area contributed by atoms with Gasteiger partial charge in [0.1, 0.15) is 0 Å². The molecule has 2 aromatic carbocycles. The Morgan fingerprint density at radius 2 is 1.86 bits per heavy atom. The van der Waals surface area contributed by atoms with Crippen molar-refractivity contribution in [3.63, 3.8) is 0 Å². The molecule has 0 aromatic heterocycles. The van der Waals surface area contributed by atoms with Gasteiger partial charge in [0, 0.05) is 0 Å². The fraction of sp³-hybridized carbons (Fsp3) is 0.263. The van der Waals surface area contributed by atoms with E-state index < -0.39 is 5.97 Å². The van der Waals surface area contributed by atoms with Crippen LogP contribution in [-0.4, -0.2) is 11.1 Å². The van der Waals surface area contributed by atoms with Crippen molar-refractivity contribution in [3.05, 3.63) is 59.2 Å². The summed E-state index contributed by atoms with van der Waals surface area (Å²) in [5.41, 5.74) is 3.76. The van der Waals surface area contributed by atoms with Crippen LogP contribution in [0.4, 0.5) is 0 Å². The molecule has 2 aromatic rings. The van der Waals surface area contributed by atoms with Crippen molar-refractivity contribution in [1.29, 1.82) is 5.26 Å². The van der Waals surface area contributed by atoms with E-state index in [-0.39, 0.29) is 0 Å². The molecule has 0 spiro atoms. The van der Waals surface area contributed by atoms with Crippen LogP contribution in [0.3, 0.4) is 0 Å². The fourth-order valence-corrected chi connectivity index (χ4v) is 2.60. The van der Waals surface area contributed by atoms with Crippen LogP contribution >= 0.6 is 0 Å². The van der Waals surface area contributed by atoms with E-state index in [1.165, 1.54) is 0 Å². The van der Waals surface area contributed by atoms with Gasteiger partial charge < -0.3 is 5.11 Å². The maximum Gasteiger partial charge on any atom is 0.335 e. The summed E-state index contributed by atoms with van der Waals surface area (Å²) < 4.78 is 0. The molecule has 0 aliphatic rings. The maximum atomic E-state index is 11.5. The van der Waals surface area contributed by atoms with Crippen molar-refractivity contribution in [2.75, 3.05) is 0 Å². The third-order valence-corrected chi connectivity index (χ3v) is 3.76. The van der Waals surface area contributed by atoms with Gasteiger partial charge in [0.15, 0.2) is 0 Å². The van der Waals surface area contributed by atoms with Crippen LogP contribution in [0.2, 0.25) is 0 Å². The summed E-state index contributed by atoms with van der Waals surface area (Å²) in [6.45, 7) is 2.13. The highest BCUT2D eigenvalue weighted by Gasteiger charge is 2.14. The lowest BCUT2D eigenvalue weighted by molar-refractivity contribution is 0.0695. The Morgan fingerprint density at radius 3 is 2.45 bits per heavy atom. The Bertz CT molecular complexity index is 696.